The standard InChI is InChI=1S/C24H33N3O3S/c1-18-7-13-23(14-8-18)31(29,30)26(4)17-24(28)25-20(3)21-9-11-22(12-10-21)27-15-5-6-19(2)16-27/h7-14,19-20H,5-6,15-17H2,1-4H3,(H,25,28)/t19-,20-/m0/s1. The first-order chi connectivity index (χ1) is 14.7. The van der Waals surface area contributed by atoms with Crippen LogP contribution in [0.5, 0.6) is 0 Å². The minimum atomic E-state index is -3.71. The number of carbonyl (C=O) groups excluding carboxylic acids is 1. The van der Waals surface area contributed by atoms with Crippen molar-refractivity contribution < 1.29 is 13.2 Å². The molecular formula is C24H33N3O3S. The summed E-state index contributed by atoms with van der Waals surface area (Å²) in [6.07, 6.45) is 2.50. The summed E-state index contributed by atoms with van der Waals surface area (Å²) in [7, 11) is -2.28. The molecule has 1 aliphatic rings. The number of sulfonamides is 1. The summed E-state index contributed by atoms with van der Waals surface area (Å²) in [5.41, 5.74) is 3.18. The van der Waals surface area contributed by atoms with Gasteiger partial charge < -0.3 is 10.2 Å². The molecule has 1 heterocycles. The van der Waals surface area contributed by atoms with Gasteiger partial charge in [0.15, 0.2) is 0 Å². The third-order valence-corrected chi connectivity index (χ3v) is 7.71. The fourth-order valence-corrected chi connectivity index (χ4v) is 5.07. The smallest absolute Gasteiger partial charge is 0.243 e. The summed E-state index contributed by atoms with van der Waals surface area (Å²) in [5.74, 6) is 0.374. The molecule has 2 aromatic carbocycles. The molecule has 168 valence electrons. The molecule has 0 aliphatic carbocycles. The number of nitrogens with one attached hydrogen (secondary N) is 1. The van der Waals surface area contributed by atoms with E-state index in [2.05, 4.69) is 29.3 Å². The summed E-state index contributed by atoms with van der Waals surface area (Å²) in [4.78, 5) is 15.1. The second-order valence-corrected chi connectivity index (χ2v) is 10.7. The van der Waals surface area contributed by atoms with E-state index in [1.165, 1.54) is 25.6 Å². The summed E-state index contributed by atoms with van der Waals surface area (Å²) in [6, 6.07) is 14.7. The molecule has 1 aliphatic heterocycles. The van der Waals surface area contributed by atoms with Crippen LogP contribution in [0.4, 0.5) is 5.69 Å². The molecule has 1 N–H and O–H groups in total. The molecule has 2 atom stereocenters. The van der Waals surface area contributed by atoms with E-state index < -0.39 is 10.0 Å². The summed E-state index contributed by atoms with van der Waals surface area (Å²) >= 11 is 0. The van der Waals surface area contributed by atoms with Gasteiger partial charge in [-0.1, -0.05) is 36.8 Å². The minimum absolute atomic E-state index is 0.184. The molecule has 0 saturated carbocycles. The van der Waals surface area contributed by atoms with Crippen molar-refractivity contribution >= 4 is 21.6 Å². The van der Waals surface area contributed by atoms with Crippen LogP contribution in [0.1, 0.15) is 43.9 Å². The minimum Gasteiger partial charge on any atom is -0.371 e. The number of likely N-dealkylation sites (N-methyl/N-ethyl adjacent to an activating group) is 1. The van der Waals surface area contributed by atoms with Gasteiger partial charge in [0.1, 0.15) is 0 Å². The second kappa shape index (κ2) is 9.83. The van der Waals surface area contributed by atoms with Gasteiger partial charge in [0.25, 0.3) is 0 Å². The Morgan fingerprint density at radius 3 is 2.42 bits per heavy atom. The number of piperidine rings is 1. The highest BCUT2D eigenvalue weighted by molar-refractivity contribution is 7.89. The number of aryl methyl sites for hydroxylation is 1. The SMILES string of the molecule is Cc1ccc(S(=O)(=O)N(C)CC(=O)N[C@@H](C)c2ccc(N3CCC[C@H](C)C3)cc2)cc1. The van der Waals surface area contributed by atoms with E-state index in [4.69, 9.17) is 0 Å². The van der Waals surface area contributed by atoms with Crippen molar-refractivity contribution in [2.75, 3.05) is 31.6 Å². The van der Waals surface area contributed by atoms with Gasteiger partial charge in [-0.2, -0.15) is 4.31 Å². The Morgan fingerprint density at radius 1 is 1.16 bits per heavy atom. The number of benzene rings is 2. The van der Waals surface area contributed by atoms with Gasteiger partial charge in [-0.25, -0.2) is 8.42 Å². The lowest BCUT2D eigenvalue weighted by Gasteiger charge is -2.33. The van der Waals surface area contributed by atoms with Crippen LogP contribution in [-0.2, 0) is 14.8 Å². The third-order valence-electron chi connectivity index (χ3n) is 5.89. The third kappa shape index (κ3) is 5.86. The first-order valence-electron chi connectivity index (χ1n) is 10.8. The molecule has 2 aromatic rings. The number of carbonyl (C=O) groups is 1. The van der Waals surface area contributed by atoms with Gasteiger partial charge in [-0.3, -0.25) is 4.79 Å². The highest BCUT2D eigenvalue weighted by Crippen LogP contribution is 2.24. The van der Waals surface area contributed by atoms with Crippen LogP contribution in [0, 0.1) is 12.8 Å². The van der Waals surface area contributed by atoms with E-state index in [-0.39, 0.29) is 23.4 Å². The van der Waals surface area contributed by atoms with Crippen molar-refractivity contribution in [1.82, 2.24) is 9.62 Å². The molecule has 3 rings (SSSR count). The van der Waals surface area contributed by atoms with E-state index in [9.17, 15) is 13.2 Å². The monoisotopic (exact) mass is 443 g/mol. The lowest BCUT2D eigenvalue weighted by Crippen LogP contribution is -2.39. The van der Waals surface area contributed by atoms with E-state index >= 15 is 0 Å². The van der Waals surface area contributed by atoms with Gasteiger partial charge in [0, 0.05) is 25.8 Å². The first-order valence-corrected chi connectivity index (χ1v) is 12.3. The highest BCUT2D eigenvalue weighted by atomic mass is 32.2. The van der Waals surface area contributed by atoms with Gasteiger partial charge in [-0.15, -0.1) is 0 Å². The van der Waals surface area contributed by atoms with Gasteiger partial charge in [0.05, 0.1) is 17.5 Å². The number of amides is 1. The van der Waals surface area contributed by atoms with Crippen molar-refractivity contribution in [3.63, 3.8) is 0 Å². The maximum Gasteiger partial charge on any atom is 0.243 e. The maximum absolute atomic E-state index is 12.7. The Kier molecular flexibility index (Phi) is 7.38. The van der Waals surface area contributed by atoms with Crippen LogP contribution in [0.3, 0.4) is 0 Å². The van der Waals surface area contributed by atoms with Gasteiger partial charge in [0.2, 0.25) is 15.9 Å². The van der Waals surface area contributed by atoms with Crippen molar-refractivity contribution in [3.05, 3.63) is 59.7 Å². The Balaban J connectivity index is 1.58. The van der Waals surface area contributed by atoms with E-state index in [0.29, 0.717) is 5.92 Å². The molecule has 0 aromatic heterocycles. The van der Waals surface area contributed by atoms with Crippen LogP contribution >= 0.6 is 0 Å². The van der Waals surface area contributed by atoms with Crippen LogP contribution in [0.2, 0.25) is 0 Å². The molecule has 1 saturated heterocycles. The quantitative estimate of drug-likeness (QED) is 0.708. The van der Waals surface area contributed by atoms with Crippen molar-refractivity contribution in [2.45, 2.75) is 44.6 Å². The average Bonchev–Trinajstić information content (AvgIpc) is 2.74. The van der Waals surface area contributed by atoms with E-state index in [1.54, 1.807) is 24.3 Å². The van der Waals surface area contributed by atoms with Crippen LogP contribution in [0.15, 0.2) is 53.4 Å². The number of hydrogen-bond donors (Lipinski definition) is 1. The fraction of sp³-hybridized carbons (Fsp3) is 0.458. The first kappa shape index (κ1) is 23.3. The summed E-state index contributed by atoms with van der Waals surface area (Å²) in [5, 5.41) is 2.91. The molecule has 6 nitrogen and oxygen atoms in total. The zero-order valence-corrected chi connectivity index (χ0v) is 19.7. The zero-order chi connectivity index (χ0) is 22.6. The predicted molar refractivity (Wildman–Crippen MR) is 125 cm³/mol. The number of rotatable bonds is 7. The zero-order valence-electron chi connectivity index (χ0n) is 18.8. The lowest BCUT2D eigenvalue weighted by molar-refractivity contribution is -0.121. The van der Waals surface area contributed by atoms with E-state index in [1.807, 2.05) is 26.0 Å². The van der Waals surface area contributed by atoms with Crippen LogP contribution in [0.25, 0.3) is 0 Å². The molecule has 7 heteroatoms. The van der Waals surface area contributed by atoms with Crippen molar-refractivity contribution in [1.29, 1.82) is 0 Å². The molecule has 0 radical (unpaired) electrons. The lowest BCUT2D eigenvalue weighted by atomic mass is 9.99. The summed E-state index contributed by atoms with van der Waals surface area (Å²) in [6.45, 7) is 8.02. The normalized spacial score (nSPS) is 18.1. The molecule has 1 amide bonds. The fourth-order valence-electron chi connectivity index (χ4n) is 3.95. The number of anilines is 1. The van der Waals surface area contributed by atoms with Crippen LogP contribution in [-0.4, -0.2) is 45.3 Å². The van der Waals surface area contributed by atoms with Crippen molar-refractivity contribution in [2.24, 2.45) is 5.92 Å². The Morgan fingerprint density at radius 2 is 1.81 bits per heavy atom. The summed E-state index contributed by atoms with van der Waals surface area (Å²) < 4.78 is 26.5. The molecule has 1 fully saturated rings. The van der Waals surface area contributed by atoms with Gasteiger partial charge in [-0.05, 0) is 62.4 Å². The van der Waals surface area contributed by atoms with Crippen molar-refractivity contribution in [3.8, 4) is 0 Å². The van der Waals surface area contributed by atoms with Gasteiger partial charge >= 0.3 is 0 Å². The molecule has 31 heavy (non-hydrogen) atoms. The molecule has 0 unspecified atom stereocenters. The van der Waals surface area contributed by atoms with E-state index in [0.717, 1.165) is 28.5 Å². The largest absolute Gasteiger partial charge is 0.371 e. The Hall–Kier alpha value is -2.38. The van der Waals surface area contributed by atoms with Crippen LogP contribution < -0.4 is 10.2 Å². The topological polar surface area (TPSA) is 69.7 Å². The number of nitrogens with zero attached hydrogens (tertiary/aromatic N) is 2. The highest BCUT2D eigenvalue weighted by Gasteiger charge is 2.23. The molecular weight excluding hydrogens is 410 g/mol. The molecule has 0 spiro atoms. The molecule has 0 bridgehead atoms. The number of hydrogen-bond acceptors (Lipinski definition) is 4. The average molecular weight is 444 g/mol. The maximum atomic E-state index is 12.7. The Bertz CT molecular complexity index is 988. The predicted octanol–water partition coefficient (Wildman–Crippen LogP) is 3.73. The second-order valence-electron chi connectivity index (χ2n) is 8.65. The Labute approximate surface area is 186 Å².